The number of benzene rings is 1. The van der Waals surface area contributed by atoms with Crippen molar-refractivity contribution >= 4 is 0 Å². The Morgan fingerprint density at radius 2 is 2.28 bits per heavy atom. The largest absolute Gasteiger partial charge is 0.508 e. The van der Waals surface area contributed by atoms with Crippen molar-refractivity contribution in [1.29, 1.82) is 0 Å². The van der Waals surface area contributed by atoms with Gasteiger partial charge in [0, 0.05) is 0 Å². The number of hydrogen-bond acceptors (Lipinski definition) is 4. The molecule has 2 rings (SSSR count). The third-order valence-corrected chi connectivity index (χ3v) is 2.79. The third-order valence-electron chi connectivity index (χ3n) is 2.79. The Bertz CT molecular complexity index is 509. The van der Waals surface area contributed by atoms with Crippen LogP contribution in [-0.4, -0.2) is 20.1 Å². The molecule has 0 aliphatic carbocycles. The third kappa shape index (κ3) is 3.07. The Balaban J connectivity index is 2.06. The molecule has 0 saturated carbocycles. The number of rotatable bonds is 5. The number of phenols is 1. The second-order valence-electron chi connectivity index (χ2n) is 4.41. The summed E-state index contributed by atoms with van der Waals surface area (Å²) in [5.41, 5.74) is 7.78. The van der Waals surface area contributed by atoms with Crippen molar-refractivity contribution in [1.82, 2.24) is 15.0 Å². The number of aromatic hydroxyl groups is 1. The molecule has 96 valence electrons. The minimum absolute atomic E-state index is 0.0482. The van der Waals surface area contributed by atoms with Gasteiger partial charge in [-0.2, -0.15) is 0 Å². The maximum atomic E-state index is 9.39. The number of phenolic OH excluding ortho intramolecular Hbond substituents is 1. The van der Waals surface area contributed by atoms with E-state index >= 15 is 0 Å². The number of hydrogen-bond donors (Lipinski definition) is 2. The predicted molar refractivity (Wildman–Crippen MR) is 69.1 cm³/mol. The highest BCUT2D eigenvalue weighted by atomic mass is 16.3. The minimum atomic E-state index is -0.0482. The van der Waals surface area contributed by atoms with Crippen molar-refractivity contribution in [3.05, 3.63) is 41.7 Å². The van der Waals surface area contributed by atoms with E-state index in [9.17, 15) is 5.11 Å². The van der Waals surface area contributed by atoms with E-state index in [0.29, 0.717) is 6.54 Å². The molecule has 18 heavy (non-hydrogen) atoms. The second-order valence-corrected chi connectivity index (χ2v) is 4.41. The van der Waals surface area contributed by atoms with Crippen LogP contribution < -0.4 is 5.73 Å². The summed E-state index contributed by atoms with van der Waals surface area (Å²) < 4.78 is 1.74. The molecule has 0 saturated heterocycles. The molecule has 0 aliphatic rings. The average Bonchev–Trinajstić information content (AvgIpc) is 2.78. The zero-order valence-corrected chi connectivity index (χ0v) is 10.5. The number of nitrogens with two attached hydrogens (primary N) is 1. The highest BCUT2D eigenvalue weighted by molar-refractivity contribution is 5.27. The number of aromatic nitrogens is 3. The quantitative estimate of drug-likeness (QED) is 0.843. The summed E-state index contributed by atoms with van der Waals surface area (Å²) in [6, 6.07) is 7.06. The molecule has 0 bridgehead atoms. The van der Waals surface area contributed by atoms with Crippen LogP contribution in [0.25, 0.3) is 0 Å². The van der Waals surface area contributed by atoms with Crippen LogP contribution in [0.5, 0.6) is 5.75 Å². The lowest BCUT2D eigenvalue weighted by atomic mass is 10.1. The van der Waals surface area contributed by atoms with E-state index in [-0.39, 0.29) is 11.8 Å². The van der Waals surface area contributed by atoms with Crippen LogP contribution >= 0.6 is 0 Å². The maximum absolute atomic E-state index is 9.39. The minimum Gasteiger partial charge on any atom is -0.508 e. The number of nitrogens with zero attached hydrogens (tertiary/aromatic N) is 3. The summed E-state index contributed by atoms with van der Waals surface area (Å²) >= 11 is 0. The summed E-state index contributed by atoms with van der Waals surface area (Å²) in [5, 5.41) is 17.5. The summed E-state index contributed by atoms with van der Waals surface area (Å²) in [5.74, 6) is 0.260. The molecule has 1 atom stereocenters. The van der Waals surface area contributed by atoms with Crippen molar-refractivity contribution in [2.24, 2.45) is 5.73 Å². The van der Waals surface area contributed by atoms with E-state index in [2.05, 4.69) is 17.2 Å². The summed E-state index contributed by atoms with van der Waals surface area (Å²) in [6.45, 7) is 2.68. The lowest BCUT2D eigenvalue weighted by molar-refractivity contribution is 0.474. The van der Waals surface area contributed by atoms with Gasteiger partial charge in [-0.3, -0.25) is 0 Å². The fraction of sp³-hybridized carbons (Fsp3) is 0.385. The predicted octanol–water partition coefficient (Wildman–Crippen LogP) is 1.83. The molecular formula is C13H18N4O. The first kappa shape index (κ1) is 12.6. The molecule has 0 amide bonds. The lowest BCUT2D eigenvalue weighted by Gasteiger charge is -2.04. The maximum Gasteiger partial charge on any atom is 0.115 e. The van der Waals surface area contributed by atoms with Gasteiger partial charge in [-0.15, -0.1) is 5.10 Å². The molecule has 3 N–H and O–H groups in total. The van der Waals surface area contributed by atoms with Gasteiger partial charge in [0.2, 0.25) is 0 Å². The van der Waals surface area contributed by atoms with E-state index in [0.717, 1.165) is 24.1 Å². The Kier molecular flexibility index (Phi) is 3.94. The van der Waals surface area contributed by atoms with E-state index in [1.807, 2.05) is 18.3 Å². The zero-order chi connectivity index (χ0) is 13.0. The van der Waals surface area contributed by atoms with Crippen molar-refractivity contribution < 1.29 is 5.11 Å². The molecule has 1 aromatic heterocycles. The van der Waals surface area contributed by atoms with Gasteiger partial charge < -0.3 is 10.8 Å². The van der Waals surface area contributed by atoms with Crippen molar-refractivity contribution in [2.45, 2.75) is 32.4 Å². The van der Waals surface area contributed by atoms with Crippen LogP contribution in [0.4, 0.5) is 0 Å². The van der Waals surface area contributed by atoms with Crippen LogP contribution in [0.1, 0.15) is 37.1 Å². The van der Waals surface area contributed by atoms with E-state index in [1.54, 1.807) is 16.8 Å². The van der Waals surface area contributed by atoms with E-state index < -0.39 is 0 Å². The fourth-order valence-electron chi connectivity index (χ4n) is 1.86. The molecule has 2 aromatic rings. The molecule has 5 nitrogen and oxygen atoms in total. The molecule has 0 radical (unpaired) electrons. The molecule has 1 heterocycles. The molecule has 0 aliphatic heterocycles. The van der Waals surface area contributed by atoms with Crippen molar-refractivity contribution in [2.75, 3.05) is 0 Å². The van der Waals surface area contributed by atoms with Crippen molar-refractivity contribution in [3.63, 3.8) is 0 Å². The normalized spacial score (nSPS) is 12.6. The summed E-state index contributed by atoms with van der Waals surface area (Å²) in [4.78, 5) is 0. The Morgan fingerprint density at radius 3 is 3.00 bits per heavy atom. The van der Waals surface area contributed by atoms with Crippen molar-refractivity contribution in [3.8, 4) is 5.75 Å². The van der Waals surface area contributed by atoms with E-state index in [1.165, 1.54) is 0 Å². The fourth-order valence-corrected chi connectivity index (χ4v) is 1.86. The molecule has 1 unspecified atom stereocenters. The van der Waals surface area contributed by atoms with Gasteiger partial charge in [0.15, 0.2) is 0 Å². The van der Waals surface area contributed by atoms with Gasteiger partial charge in [-0.1, -0.05) is 30.7 Å². The molecule has 0 spiro atoms. The van der Waals surface area contributed by atoms with Crippen LogP contribution in [0.3, 0.4) is 0 Å². The zero-order valence-electron chi connectivity index (χ0n) is 10.5. The van der Waals surface area contributed by atoms with Crippen LogP contribution in [-0.2, 0) is 6.54 Å². The van der Waals surface area contributed by atoms with Gasteiger partial charge >= 0.3 is 0 Å². The Morgan fingerprint density at radius 1 is 1.44 bits per heavy atom. The summed E-state index contributed by atoms with van der Waals surface area (Å²) in [6.07, 6.45) is 3.80. The lowest BCUT2D eigenvalue weighted by Crippen LogP contribution is -2.10. The van der Waals surface area contributed by atoms with Gasteiger partial charge in [0.05, 0.1) is 24.5 Å². The molecular weight excluding hydrogens is 228 g/mol. The van der Waals surface area contributed by atoms with Crippen LogP contribution in [0.2, 0.25) is 0 Å². The van der Waals surface area contributed by atoms with Crippen LogP contribution in [0, 0.1) is 0 Å². The Labute approximate surface area is 106 Å². The van der Waals surface area contributed by atoms with Gasteiger partial charge in [-0.05, 0) is 24.1 Å². The average molecular weight is 246 g/mol. The molecule has 0 fully saturated rings. The Hall–Kier alpha value is -1.88. The summed E-state index contributed by atoms with van der Waals surface area (Å²) in [7, 11) is 0. The molecule has 5 heteroatoms. The second kappa shape index (κ2) is 5.64. The molecule has 1 aromatic carbocycles. The standard InChI is InChI=1S/C13H18N4O/c1-2-4-12(14)13-9-17(16-15-13)8-10-5-3-6-11(18)7-10/h3,5-7,9,12,18H,2,4,8,14H2,1H3. The smallest absolute Gasteiger partial charge is 0.115 e. The first-order valence-electron chi connectivity index (χ1n) is 6.12. The monoisotopic (exact) mass is 246 g/mol. The van der Waals surface area contributed by atoms with Gasteiger partial charge in [0.1, 0.15) is 5.75 Å². The van der Waals surface area contributed by atoms with Gasteiger partial charge in [0.25, 0.3) is 0 Å². The highest BCUT2D eigenvalue weighted by Gasteiger charge is 2.09. The highest BCUT2D eigenvalue weighted by Crippen LogP contribution is 2.14. The van der Waals surface area contributed by atoms with E-state index in [4.69, 9.17) is 5.73 Å². The van der Waals surface area contributed by atoms with Gasteiger partial charge in [-0.25, -0.2) is 4.68 Å². The topological polar surface area (TPSA) is 77.0 Å². The van der Waals surface area contributed by atoms with Crippen LogP contribution in [0.15, 0.2) is 30.5 Å². The first-order valence-corrected chi connectivity index (χ1v) is 6.12. The first-order chi connectivity index (χ1) is 8.69. The SMILES string of the molecule is CCCC(N)c1cn(Cc2cccc(O)c2)nn1.